The van der Waals surface area contributed by atoms with Crippen molar-refractivity contribution in [2.24, 2.45) is 0 Å². The molecule has 0 radical (unpaired) electrons. The molecule has 17 heavy (non-hydrogen) atoms. The van der Waals surface area contributed by atoms with E-state index < -0.39 is 18.8 Å². The van der Waals surface area contributed by atoms with Crippen molar-refractivity contribution in [3.63, 3.8) is 0 Å². The van der Waals surface area contributed by atoms with Gasteiger partial charge in [0, 0.05) is 5.56 Å². The normalized spacial score (nSPS) is 13.8. The molecule has 1 aromatic rings. The molecule has 0 spiro atoms. The molecule has 0 aliphatic carbocycles. The molecule has 1 aromatic carbocycles. The van der Waals surface area contributed by atoms with Gasteiger partial charge in [-0.2, -0.15) is 5.26 Å². The lowest BCUT2D eigenvalue weighted by molar-refractivity contribution is -0.0152. The summed E-state index contributed by atoms with van der Waals surface area (Å²) >= 11 is 0. The fourth-order valence-electron chi connectivity index (χ4n) is 1.39. The van der Waals surface area contributed by atoms with E-state index in [0.717, 1.165) is 0 Å². The SMILES string of the molecule is N#CCC(=O)c1cccc(C(O)C(O)CO)c1. The van der Waals surface area contributed by atoms with Crippen molar-refractivity contribution < 1.29 is 20.1 Å². The highest BCUT2D eigenvalue weighted by Gasteiger charge is 2.18. The molecular weight excluding hydrogens is 222 g/mol. The van der Waals surface area contributed by atoms with E-state index in [9.17, 15) is 15.0 Å². The molecule has 0 fully saturated rings. The van der Waals surface area contributed by atoms with Gasteiger partial charge in [0.05, 0.1) is 19.1 Å². The van der Waals surface area contributed by atoms with Crippen molar-refractivity contribution in [2.75, 3.05) is 6.61 Å². The van der Waals surface area contributed by atoms with Crippen LogP contribution in [-0.2, 0) is 0 Å². The number of nitrogens with zero attached hydrogens (tertiary/aromatic N) is 1. The third-order valence-electron chi connectivity index (χ3n) is 2.34. The van der Waals surface area contributed by atoms with Crippen LogP contribution in [0.2, 0.25) is 0 Å². The third kappa shape index (κ3) is 3.36. The number of hydrogen-bond donors (Lipinski definition) is 3. The second-order valence-corrected chi connectivity index (χ2v) is 3.58. The summed E-state index contributed by atoms with van der Waals surface area (Å²) in [5.41, 5.74) is 0.628. The van der Waals surface area contributed by atoms with Crippen molar-refractivity contribution in [2.45, 2.75) is 18.6 Å². The number of aliphatic hydroxyl groups is 3. The Balaban J connectivity index is 2.93. The Morgan fingerprint density at radius 1 is 1.41 bits per heavy atom. The molecule has 0 amide bonds. The molecule has 0 saturated carbocycles. The zero-order valence-electron chi connectivity index (χ0n) is 9.08. The standard InChI is InChI=1S/C12H13NO4/c13-5-4-10(15)8-2-1-3-9(6-8)12(17)11(16)7-14/h1-3,6,11-12,14,16-17H,4,7H2. The highest BCUT2D eigenvalue weighted by molar-refractivity contribution is 5.97. The summed E-state index contributed by atoms with van der Waals surface area (Å²) in [4.78, 5) is 11.4. The lowest BCUT2D eigenvalue weighted by Crippen LogP contribution is -2.22. The van der Waals surface area contributed by atoms with Gasteiger partial charge in [0.15, 0.2) is 5.78 Å². The smallest absolute Gasteiger partial charge is 0.176 e. The van der Waals surface area contributed by atoms with Crippen molar-refractivity contribution in [1.29, 1.82) is 5.26 Å². The first kappa shape index (κ1) is 13.3. The van der Waals surface area contributed by atoms with Gasteiger partial charge in [-0.15, -0.1) is 0 Å². The first-order valence-electron chi connectivity index (χ1n) is 5.07. The summed E-state index contributed by atoms with van der Waals surface area (Å²) in [5, 5.41) is 36.0. The van der Waals surface area contributed by atoms with Crippen molar-refractivity contribution in [3.8, 4) is 6.07 Å². The molecule has 1 rings (SSSR count). The Kier molecular flexibility index (Phi) is 4.79. The predicted octanol–water partition coefficient (Wildman–Crippen LogP) is 0.170. The predicted molar refractivity (Wildman–Crippen MR) is 59.1 cm³/mol. The van der Waals surface area contributed by atoms with Gasteiger partial charge in [-0.1, -0.05) is 18.2 Å². The molecule has 0 aromatic heterocycles. The Bertz CT molecular complexity index is 438. The fraction of sp³-hybridized carbons (Fsp3) is 0.333. The largest absolute Gasteiger partial charge is 0.394 e. The van der Waals surface area contributed by atoms with Crippen LogP contribution in [0.1, 0.15) is 28.4 Å². The van der Waals surface area contributed by atoms with Crippen LogP contribution in [0.15, 0.2) is 24.3 Å². The molecule has 5 nitrogen and oxygen atoms in total. The average molecular weight is 235 g/mol. The Hall–Kier alpha value is -1.74. The van der Waals surface area contributed by atoms with Crippen molar-refractivity contribution in [3.05, 3.63) is 35.4 Å². The van der Waals surface area contributed by atoms with Gasteiger partial charge in [0.1, 0.15) is 12.2 Å². The maximum absolute atomic E-state index is 11.4. The van der Waals surface area contributed by atoms with E-state index in [4.69, 9.17) is 10.4 Å². The van der Waals surface area contributed by atoms with E-state index in [0.29, 0.717) is 11.1 Å². The quantitative estimate of drug-likeness (QED) is 0.631. The zero-order valence-corrected chi connectivity index (χ0v) is 9.08. The van der Waals surface area contributed by atoms with Crippen LogP contribution in [0.4, 0.5) is 0 Å². The lowest BCUT2D eigenvalue weighted by atomic mass is 10.00. The van der Waals surface area contributed by atoms with Crippen LogP contribution >= 0.6 is 0 Å². The monoisotopic (exact) mass is 235 g/mol. The van der Waals surface area contributed by atoms with Crippen LogP contribution < -0.4 is 0 Å². The maximum Gasteiger partial charge on any atom is 0.176 e. The van der Waals surface area contributed by atoms with E-state index in [1.165, 1.54) is 18.2 Å². The van der Waals surface area contributed by atoms with Gasteiger partial charge in [-0.3, -0.25) is 4.79 Å². The Morgan fingerprint density at radius 3 is 2.71 bits per heavy atom. The zero-order chi connectivity index (χ0) is 12.8. The minimum atomic E-state index is -1.30. The number of rotatable bonds is 5. The summed E-state index contributed by atoms with van der Waals surface area (Å²) in [5.74, 6) is -0.347. The van der Waals surface area contributed by atoms with Crippen LogP contribution in [0.5, 0.6) is 0 Å². The maximum atomic E-state index is 11.4. The molecule has 3 N–H and O–H groups in total. The number of hydrogen-bond acceptors (Lipinski definition) is 5. The van der Waals surface area contributed by atoms with Crippen LogP contribution in [-0.4, -0.2) is 33.8 Å². The second-order valence-electron chi connectivity index (χ2n) is 3.58. The second kappa shape index (κ2) is 6.11. The van der Waals surface area contributed by atoms with Crippen molar-refractivity contribution >= 4 is 5.78 Å². The molecule has 0 aliphatic rings. The van der Waals surface area contributed by atoms with Crippen LogP contribution in [0, 0.1) is 11.3 Å². The van der Waals surface area contributed by atoms with E-state index in [1.807, 2.05) is 0 Å². The van der Waals surface area contributed by atoms with E-state index in [-0.39, 0.29) is 12.2 Å². The summed E-state index contributed by atoms with van der Waals surface area (Å²) in [6.45, 7) is -0.572. The van der Waals surface area contributed by atoms with E-state index in [1.54, 1.807) is 12.1 Å². The van der Waals surface area contributed by atoms with Gasteiger partial charge in [-0.05, 0) is 11.6 Å². The van der Waals surface area contributed by atoms with Crippen molar-refractivity contribution in [1.82, 2.24) is 0 Å². The first-order valence-corrected chi connectivity index (χ1v) is 5.07. The van der Waals surface area contributed by atoms with Gasteiger partial charge < -0.3 is 15.3 Å². The lowest BCUT2D eigenvalue weighted by Gasteiger charge is -2.16. The molecule has 2 atom stereocenters. The number of benzene rings is 1. The number of aliphatic hydroxyl groups excluding tert-OH is 3. The molecule has 0 bridgehead atoms. The van der Waals surface area contributed by atoms with Gasteiger partial charge in [-0.25, -0.2) is 0 Å². The number of carbonyl (C=O) groups is 1. The molecule has 90 valence electrons. The Morgan fingerprint density at radius 2 is 2.12 bits per heavy atom. The number of nitriles is 1. The van der Waals surface area contributed by atoms with E-state index in [2.05, 4.69) is 0 Å². The molecule has 0 aliphatic heterocycles. The third-order valence-corrected chi connectivity index (χ3v) is 2.34. The number of Topliss-reactive ketones (excluding diaryl/α,β-unsaturated/α-hetero) is 1. The minimum absolute atomic E-state index is 0.234. The molecular formula is C12H13NO4. The van der Waals surface area contributed by atoms with Crippen LogP contribution in [0.3, 0.4) is 0 Å². The highest BCUT2D eigenvalue weighted by Crippen LogP contribution is 2.18. The van der Waals surface area contributed by atoms with E-state index >= 15 is 0 Å². The highest BCUT2D eigenvalue weighted by atomic mass is 16.4. The van der Waals surface area contributed by atoms with Crippen LogP contribution in [0.25, 0.3) is 0 Å². The molecule has 0 saturated heterocycles. The van der Waals surface area contributed by atoms with Gasteiger partial charge in [0.2, 0.25) is 0 Å². The topological polar surface area (TPSA) is 102 Å². The average Bonchev–Trinajstić information content (AvgIpc) is 2.37. The fourth-order valence-corrected chi connectivity index (χ4v) is 1.39. The van der Waals surface area contributed by atoms with Gasteiger partial charge >= 0.3 is 0 Å². The molecule has 5 heteroatoms. The number of carbonyl (C=O) groups excluding carboxylic acids is 1. The summed E-state index contributed by atoms with van der Waals surface area (Å²) < 4.78 is 0. The minimum Gasteiger partial charge on any atom is -0.394 e. The Labute approximate surface area is 98.6 Å². The number of ketones is 1. The molecule has 0 heterocycles. The van der Waals surface area contributed by atoms with Gasteiger partial charge in [0.25, 0.3) is 0 Å². The summed E-state index contributed by atoms with van der Waals surface area (Å²) in [6.07, 6.45) is -2.78. The summed E-state index contributed by atoms with van der Waals surface area (Å²) in [7, 11) is 0. The molecule has 2 unspecified atom stereocenters. The first-order chi connectivity index (χ1) is 8.10. The summed E-state index contributed by atoms with van der Waals surface area (Å²) in [6, 6.07) is 7.77.